The second-order valence-electron chi connectivity index (χ2n) is 10.3. The Morgan fingerprint density at radius 1 is 1.05 bits per heavy atom. The van der Waals surface area contributed by atoms with Gasteiger partial charge < -0.3 is 19.5 Å². The first-order valence-electron chi connectivity index (χ1n) is 13.1. The Labute approximate surface area is 229 Å². The zero-order valence-corrected chi connectivity index (χ0v) is 22.5. The van der Waals surface area contributed by atoms with Crippen LogP contribution in [-0.4, -0.2) is 55.1 Å². The van der Waals surface area contributed by atoms with Gasteiger partial charge in [-0.05, 0) is 25.5 Å². The topological polar surface area (TPSA) is 93.9 Å². The molecule has 0 bridgehead atoms. The minimum atomic E-state index is -4.49. The minimum absolute atomic E-state index is 0.259. The SMILES string of the molecule is COc1ncnc(C2CC2)c1-c1nc2c(c(NCc3ccc(-c4nc(C(F)(F)F)cn4C)cc3)n1)CN(C)CC2. The first kappa shape index (κ1) is 26.2. The molecule has 6 rings (SSSR count). The fraction of sp³-hybridized carbons (Fsp3) is 0.393. The van der Waals surface area contributed by atoms with E-state index in [1.54, 1.807) is 26.3 Å². The van der Waals surface area contributed by atoms with Crippen LogP contribution >= 0.6 is 0 Å². The predicted molar refractivity (Wildman–Crippen MR) is 143 cm³/mol. The number of likely N-dealkylation sites (N-methyl/N-ethyl adjacent to an activating group) is 1. The molecule has 0 atom stereocenters. The third-order valence-corrected chi connectivity index (χ3v) is 7.31. The van der Waals surface area contributed by atoms with Crippen molar-refractivity contribution >= 4 is 5.82 Å². The van der Waals surface area contributed by atoms with Crippen LogP contribution in [0.25, 0.3) is 22.8 Å². The van der Waals surface area contributed by atoms with Gasteiger partial charge in [-0.3, -0.25) is 0 Å². The summed E-state index contributed by atoms with van der Waals surface area (Å²) in [5.41, 5.74) is 4.35. The molecule has 1 saturated carbocycles. The van der Waals surface area contributed by atoms with Gasteiger partial charge in [0.05, 0.1) is 18.5 Å². The van der Waals surface area contributed by atoms with Gasteiger partial charge in [0.1, 0.15) is 23.5 Å². The second kappa shape index (κ2) is 10.2. The van der Waals surface area contributed by atoms with Crippen LogP contribution in [0.15, 0.2) is 36.8 Å². The number of nitrogens with zero attached hydrogens (tertiary/aromatic N) is 7. The predicted octanol–water partition coefficient (Wildman–Crippen LogP) is 4.84. The Morgan fingerprint density at radius 3 is 2.50 bits per heavy atom. The Morgan fingerprint density at radius 2 is 1.82 bits per heavy atom. The molecule has 4 heterocycles. The third kappa shape index (κ3) is 5.10. The van der Waals surface area contributed by atoms with Crippen LogP contribution in [0.2, 0.25) is 0 Å². The smallest absolute Gasteiger partial charge is 0.434 e. The van der Waals surface area contributed by atoms with Gasteiger partial charge in [-0.15, -0.1) is 0 Å². The maximum absolute atomic E-state index is 13.1. The van der Waals surface area contributed by atoms with Crippen LogP contribution in [0, 0.1) is 0 Å². The number of fused-ring (bicyclic) bond motifs is 1. The number of hydrogen-bond acceptors (Lipinski definition) is 8. The summed E-state index contributed by atoms with van der Waals surface area (Å²) in [6.45, 7) is 2.08. The highest BCUT2D eigenvalue weighted by Crippen LogP contribution is 2.45. The maximum atomic E-state index is 13.1. The molecule has 40 heavy (non-hydrogen) atoms. The number of aromatic nitrogens is 6. The Balaban J connectivity index is 1.30. The number of alkyl halides is 3. The monoisotopic (exact) mass is 550 g/mol. The molecule has 2 aliphatic rings. The van der Waals surface area contributed by atoms with Crippen LogP contribution in [0.3, 0.4) is 0 Å². The minimum Gasteiger partial charge on any atom is -0.480 e. The molecule has 0 amide bonds. The molecule has 4 aromatic rings. The highest BCUT2D eigenvalue weighted by atomic mass is 19.4. The summed E-state index contributed by atoms with van der Waals surface area (Å²) in [6.07, 6.45) is 0.974. The molecule has 0 saturated heterocycles. The van der Waals surface area contributed by atoms with E-state index >= 15 is 0 Å². The van der Waals surface area contributed by atoms with Crippen LogP contribution in [0.1, 0.15) is 47.0 Å². The molecule has 1 aromatic carbocycles. The van der Waals surface area contributed by atoms with E-state index in [1.165, 1.54) is 10.9 Å². The number of rotatable bonds is 7. The van der Waals surface area contributed by atoms with Crippen molar-refractivity contribution in [2.24, 2.45) is 7.05 Å². The summed E-state index contributed by atoms with van der Waals surface area (Å²) in [5, 5.41) is 3.49. The lowest BCUT2D eigenvalue weighted by atomic mass is 10.0. The van der Waals surface area contributed by atoms with E-state index in [-0.39, 0.29) is 5.82 Å². The molecule has 0 spiro atoms. The van der Waals surface area contributed by atoms with Crippen molar-refractivity contribution in [2.45, 2.75) is 44.4 Å². The summed E-state index contributed by atoms with van der Waals surface area (Å²) >= 11 is 0. The van der Waals surface area contributed by atoms with Crippen molar-refractivity contribution < 1.29 is 17.9 Å². The zero-order chi connectivity index (χ0) is 28.0. The molecular formula is C28H29F3N8O. The van der Waals surface area contributed by atoms with E-state index < -0.39 is 11.9 Å². The van der Waals surface area contributed by atoms with Crippen LogP contribution < -0.4 is 10.1 Å². The van der Waals surface area contributed by atoms with Crippen LogP contribution in [-0.2, 0) is 32.7 Å². The molecule has 0 unspecified atom stereocenters. The third-order valence-electron chi connectivity index (χ3n) is 7.31. The van der Waals surface area contributed by atoms with Crippen molar-refractivity contribution in [1.82, 2.24) is 34.4 Å². The van der Waals surface area contributed by atoms with Gasteiger partial charge in [0.2, 0.25) is 5.88 Å². The fourth-order valence-corrected chi connectivity index (χ4v) is 5.05. The molecular weight excluding hydrogens is 521 g/mol. The molecule has 3 aromatic heterocycles. The Kier molecular flexibility index (Phi) is 6.65. The normalized spacial score (nSPS) is 15.7. The maximum Gasteiger partial charge on any atom is 0.434 e. The lowest BCUT2D eigenvalue weighted by molar-refractivity contribution is -0.140. The van der Waals surface area contributed by atoms with Crippen LogP contribution in [0.5, 0.6) is 5.88 Å². The number of imidazole rings is 1. The van der Waals surface area contributed by atoms with Crippen molar-refractivity contribution in [3.05, 3.63) is 65.0 Å². The molecule has 1 N–H and O–H groups in total. The lowest BCUT2D eigenvalue weighted by Crippen LogP contribution is -2.29. The molecule has 1 aliphatic carbocycles. The van der Waals surface area contributed by atoms with Crippen molar-refractivity contribution in [2.75, 3.05) is 26.0 Å². The van der Waals surface area contributed by atoms with Gasteiger partial charge >= 0.3 is 6.18 Å². The highest BCUT2D eigenvalue weighted by Gasteiger charge is 2.35. The summed E-state index contributed by atoms with van der Waals surface area (Å²) in [5.74, 6) is 2.38. The van der Waals surface area contributed by atoms with Gasteiger partial charge in [-0.1, -0.05) is 24.3 Å². The lowest BCUT2D eigenvalue weighted by Gasteiger charge is -2.27. The quantitative estimate of drug-likeness (QED) is 0.350. The number of halogens is 3. The van der Waals surface area contributed by atoms with E-state index in [0.717, 1.165) is 72.4 Å². The molecule has 0 radical (unpaired) electrons. The molecule has 208 valence electrons. The Hall–Kier alpha value is -4.06. The van der Waals surface area contributed by atoms with Gasteiger partial charge in [0.15, 0.2) is 11.5 Å². The molecule has 1 fully saturated rings. The molecule has 1 aliphatic heterocycles. The Bertz CT molecular complexity index is 1550. The molecule has 9 nitrogen and oxygen atoms in total. The number of benzene rings is 1. The standard InChI is InChI=1S/C28H29F3N8O/c1-38-11-10-20-19(13-38)24(37-25(35-20)22-23(17-8-9-17)33-15-34-27(22)40-3)32-12-16-4-6-18(7-5-16)26-36-21(14-39(26)2)28(29,30)31/h4-7,14-15,17H,8-13H2,1-3H3,(H,32,35,37). The number of nitrogens with one attached hydrogen (secondary N) is 1. The average molecular weight is 551 g/mol. The summed E-state index contributed by atoms with van der Waals surface area (Å²) < 4.78 is 46.3. The largest absolute Gasteiger partial charge is 0.480 e. The van der Waals surface area contributed by atoms with E-state index in [1.807, 2.05) is 12.1 Å². The van der Waals surface area contributed by atoms with E-state index in [4.69, 9.17) is 14.7 Å². The summed E-state index contributed by atoms with van der Waals surface area (Å²) in [6, 6.07) is 7.32. The number of methoxy groups -OCH3 is 1. The first-order chi connectivity index (χ1) is 19.2. The zero-order valence-electron chi connectivity index (χ0n) is 22.5. The van der Waals surface area contributed by atoms with Gasteiger partial charge in [0, 0.05) is 56.3 Å². The number of ether oxygens (including phenoxy) is 1. The van der Waals surface area contributed by atoms with Crippen molar-refractivity contribution in [3.63, 3.8) is 0 Å². The van der Waals surface area contributed by atoms with Gasteiger partial charge in [-0.25, -0.2) is 24.9 Å². The van der Waals surface area contributed by atoms with Crippen LogP contribution in [0.4, 0.5) is 19.0 Å². The van der Waals surface area contributed by atoms with Crippen molar-refractivity contribution in [3.8, 4) is 28.7 Å². The number of aryl methyl sites for hydroxylation is 1. The summed E-state index contributed by atoms with van der Waals surface area (Å²) in [7, 11) is 5.22. The number of anilines is 1. The first-order valence-corrected chi connectivity index (χ1v) is 13.1. The summed E-state index contributed by atoms with van der Waals surface area (Å²) in [4.78, 5) is 24.8. The second-order valence-corrected chi connectivity index (χ2v) is 10.3. The van der Waals surface area contributed by atoms with E-state index in [2.05, 4.69) is 32.2 Å². The number of hydrogen-bond donors (Lipinski definition) is 1. The van der Waals surface area contributed by atoms with Gasteiger partial charge in [0.25, 0.3) is 0 Å². The van der Waals surface area contributed by atoms with Crippen molar-refractivity contribution in [1.29, 1.82) is 0 Å². The van der Waals surface area contributed by atoms with E-state index in [0.29, 0.717) is 29.7 Å². The fourth-order valence-electron chi connectivity index (χ4n) is 5.05. The molecule has 12 heteroatoms. The average Bonchev–Trinajstić information content (AvgIpc) is 3.71. The van der Waals surface area contributed by atoms with E-state index in [9.17, 15) is 13.2 Å². The van der Waals surface area contributed by atoms with Gasteiger partial charge in [-0.2, -0.15) is 13.2 Å². The highest BCUT2D eigenvalue weighted by molar-refractivity contribution is 5.68.